The van der Waals surface area contributed by atoms with Gasteiger partial charge in [0.05, 0.1) is 11.9 Å². The van der Waals surface area contributed by atoms with E-state index in [1.165, 1.54) is 17.3 Å². The predicted molar refractivity (Wildman–Crippen MR) is 102 cm³/mol. The first-order valence-corrected chi connectivity index (χ1v) is 9.21. The zero-order chi connectivity index (χ0) is 20.1. The SMILES string of the molecule is Nc1nonc1-n1nnc(C(=O)NN=Cc2ccncc2)c1CN1CCCCC1. The Morgan fingerprint density at radius 2 is 2.03 bits per heavy atom. The zero-order valence-electron chi connectivity index (χ0n) is 15.6. The van der Waals surface area contributed by atoms with Gasteiger partial charge in [0, 0.05) is 18.9 Å². The third-order valence-corrected chi connectivity index (χ3v) is 4.58. The van der Waals surface area contributed by atoms with Crippen LogP contribution in [0.4, 0.5) is 5.82 Å². The Balaban J connectivity index is 1.58. The van der Waals surface area contributed by atoms with Gasteiger partial charge in [0.2, 0.25) is 11.6 Å². The Kier molecular flexibility index (Phi) is 5.52. The number of amides is 1. The van der Waals surface area contributed by atoms with Gasteiger partial charge < -0.3 is 5.73 Å². The van der Waals surface area contributed by atoms with Gasteiger partial charge in [-0.15, -0.1) is 5.10 Å². The molecule has 1 saturated heterocycles. The molecule has 0 radical (unpaired) electrons. The molecule has 0 bridgehead atoms. The van der Waals surface area contributed by atoms with E-state index in [1.54, 1.807) is 24.5 Å². The molecule has 150 valence electrons. The molecule has 1 aliphatic rings. The molecule has 4 heterocycles. The number of nitrogens with one attached hydrogen (secondary N) is 1. The Bertz CT molecular complexity index is 991. The van der Waals surface area contributed by atoms with Crippen molar-refractivity contribution < 1.29 is 9.42 Å². The molecule has 0 saturated carbocycles. The number of nitrogen functional groups attached to an aromatic ring is 1. The van der Waals surface area contributed by atoms with Crippen molar-refractivity contribution in [3.8, 4) is 5.82 Å². The van der Waals surface area contributed by atoms with Crippen molar-refractivity contribution >= 4 is 17.9 Å². The highest BCUT2D eigenvalue weighted by molar-refractivity contribution is 5.94. The number of hydrogen-bond acceptors (Lipinski definition) is 10. The lowest BCUT2D eigenvalue weighted by atomic mass is 10.1. The Hall–Kier alpha value is -3.67. The second-order valence-electron chi connectivity index (χ2n) is 6.59. The van der Waals surface area contributed by atoms with Gasteiger partial charge in [0.15, 0.2) is 5.69 Å². The summed E-state index contributed by atoms with van der Waals surface area (Å²) < 4.78 is 6.06. The Labute approximate surface area is 165 Å². The van der Waals surface area contributed by atoms with Crippen LogP contribution in [0.15, 0.2) is 34.3 Å². The fourth-order valence-electron chi connectivity index (χ4n) is 3.13. The highest BCUT2D eigenvalue weighted by atomic mass is 16.6. The summed E-state index contributed by atoms with van der Waals surface area (Å²) in [4.78, 5) is 18.9. The molecule has 0 spiro atoms. The third-order valence-electron chi connectivity index (χ3n) is 4.58. The quantitative estimate of drug-likeness (QED) is 0.444. The molecule has 0 atom stereocenters. The van der Waals surface area contributed by atoms with Gasteiger partial charge in [-0.1, -0.05) is 11.6 Å². The number of carbonyl (C=O) groups is 1. The smallest absolute Gasteiger partial charge is 0.293 e. The van der Waals surface area contributed by atoms with Crippen LogP contribution in [-0.4, -0.2) is 60.4 Å². The number of nitrogens with two attached hydrogens (primary N) is 1. The van der Waals surface area contributed by atoms with Crippen LogP contribution in [0.2, 0.25) is 0 Å². The minimum absolute atomic E-state index is 0.0671. The summed E-state index contributed by atoms with van der Waals surface area (Å²) in [7, 11) is 0. The summed E-state index contributed by atoms with van der Waals surface area (Å²) >= 11 is 0. The maximum Gasteiger partial charge on any atom is 0.293 e. The molecule has 0 unspecified atom stereocenters. The van der Waals surface area contributed by atoms with E-state index in [2.05, 4.69) is 45.7 Å². The van der Waals surface area contributed by atoms with Crippen LogP contribution < -0.4 is 11.2 Å². The average molecular weight is 396 g/mol. The molecule has 1 fully saturated rings. The first kappa shape index (κ1) is 18.7. The van der Waals surface area contributed by atoms with Gasteiger partial charge in [-0.25, -0.2) is 10.1 Å². The van der Waals surface area contributed by atoms with E-state index in [1.807, 2.05) is 0 Å². The van der Waals surface area contributed by atoms with E-state index in [4.69, 9.17) is 5.73 Å². The van der Waals surface area contributed by atoms with Gasteiger partial charge in [-0.3, -0.25) is 14.7 Å². The second-order valence-corrected chi connectivity index (χ2v) is 6.59. The Morgan fingerprint density at radius 1 is 1.24 bits per heavy atom. The number of carbonyl (C=O) groups excluding carboxylic acids is 1. The second kappa shape index (κ2) is 8.56. The minimum atomic E-state index is -0.483. The monoisotopic (exact) mass is 396 g/mol. The number of rotatable bonds is 6. The standard InChI is InChI=1S/C17H20N10O2/c18-15-16(24-29-23-15)27-13(11-26-8-2-1-3-9-26)14(21-25-27)17(28)22-20-10-12-4-6-19-7-5-12/h4-7,10H,1-3,8-9,11H2,(H2,18,23)(H,22,28). The lowest BCUT2D eigenvalue weighted by molar-refractivity contribution is 0.0947. The van der Waals surface area contributed by atoms with Gasteiger partial charge in [0.25, 0.3) is 5.91 Å². The number of hydrogen-bond donors (Lipinski definition) is 2. The maximum absolute atomic E-state index is 12.7. The topological polar surface area (TPSA) is 153 Å². The summed E-state index contributed by atoms with van der Waals surface area (Å²) in [6.45, 7) is 2.33. The number of aromatic nitrogens is 6. The minimum Gasteiger partial charge on any atom is -0.378 e. The molecule has 3 aromatic rings. The molecule has 29 heavy (non-hydrogen) atoms. The van der Waals surface area contributed by atoms with E-state index in [0.29, 0.717) is 12.2 Å². The summed E-state index contributed by atoms with van der Waals surface area (Å²) in [5, 5.41) is 19.4. The van der Waals surface area contributed by atoms with Crippen molar-refractivity contribution in [1.29, 1.82) is 0 Å². The predicted octanol–water partition coefficient (Wildman–Crippen LogP) is 0.377. The van der Waals surface area contributed by atoms with Crippen LogP contribution in [0.5, 0.6) is 0 Å². The molecule has 12 heteroatoms. The van der Waals surface area contributed by atoms with Crippen molar-refractivity contribution in [1.82, 2.24) is 40.6 Å². The average Bonchev–Trinajstić information content (AvgIpc) is 3.35. The number of pyridine rings is 1. The molecule has 0 aromatic carbocycles. The number of anilines is 1. The first-order chi connectivity index (χ1) is 14.2. The van der Waals surface area contributed by atoms with Crippen molar-refractivity contribution in [3.63, 3.8) is 0 Å². The fraction of sp³-hybridized carbons (Fsp3) is 0.353. The fourth-order valence-corrected chi connectivity index (χ4v) is 3.13. The normalized spacial score (nSPS) is 15.0. The summed E-state index contributed by atoms with van der Waals surface area (Å²) in [5.41, 5.74) is 9.78. The van der Waals surface area contributed by atoms with E-state index in [9.17, 15) is 4.79 Å². The van der Waals surface area contributed by atoms with Crippen LogP contribution >= 0.6 is 0 Å². The molecule has 3 aromatic heterocycles. The molecule has 1 aliphatic heterocycles. The Morgan fingerprint density at radius 3 is 2.76 bits per heavy atom. The third kappa shape index (κ3) is 4.27. The largest absolute Gasteiger partial charge is 0.378 e. The molecular weight excluding hydrogens is 376 g/mol. The summed E-state index contributed by atoms with van der Waals surface area (Å²) in [6.07, 6.45) is 8.21. The van der Waals surface area contributed by atoms with Crippen LogP contribution in [0, 0.1) is 0 Å². The maximum atomic E-state index is 12.7. The first-order valence-electron chi connectivity index (χ1n) is 9.21. The number of likely N-dealkylation sites (tertiary alicyclic amines) is 1. The molecule has 0 aliphatic carbocycles. The highest BCUT2D eigenvalue weighted by Crippen LogP contribution is 2.19. The molecule has 3 N–H and O–H groups in total. The van der Waals surface area contributed by atoms with Crippen LogP contribution in [0.1, 0.15) is 41.0 Å². The van der Waals surface area contributed by atoms with Gasteiger partial charge in [-0.2, -0.15) is 9.78 Å². The number of hydrazone groups is 1. The molecule has 4 rings (SSSR count). The number of piperidine rings is 1. The van der Waals surface area contributed by atoms with E-state index in [-0.39, 0.29) is 17.3 Å². The van der Waals surface area contributed by atoms with Gasteiger partial charge in [-0.05, 0) is 53.9 Å². The molecule has 12 nitrogen and oxygen atoms in total. The zero-order valence-corrected chi connectivity index (χ0v) is 15.6. The summed E-state index contributed by atoms with van der Waals surface area (Å²) in [6, 6.07) is 3.54. The van der Waals surface area contributed by atoms with Gasteiger partial charge >= 0.3 is 0 Å². The highest BCUT2D eigenvalue weighted by Gasteiger charge is 2.26. The van der Waals surface area contributed by atoms with Crippen molar-refractivity contribution in [2.24, 2.45) is 5.10 Å². The summed E-state index contributed by atoms with van der Waals surface area (Å²) in [5.74, 6) is -0.218. The van der Waals surface area contributed by atoms with E-state index < -0.39 is 5.91 Å². The van der Waals surface area contributed by atoms with Crippen LogP contribution in [-0.2, 0) is 6.54 Å². The lowest BCUT2D eigenvalue weighted by Crippen LogP contribution is -2.31. The van der Waals surface area contributed by atoms with Crippen LogP contribution in [0.25, 0.3) is 5.82 Å². The van der Waals surface area contributed by atoms with Crippen molar-refractivity contribution in [3.05, 3.63) is 41.5 Å². The van der Waals surface area contributed by atoms with Crippen molar-refractivity contribution in [2.75, 3.05) is 18.8 Å². The van der Waals surface area contributed by atoms with E-state index in [0.717, 1.165) is 31.5 Å². The molecular formula is C17H20N10O2. The molecule has 1 amide bonds. The van der Waals surface area contributed by atoms with Crippen molar-refractivity contribution in [2.45, 2.75) is 25.8 Å². The van der Waals surface area contributed by atoms with E-state index >= 15 is 0 Å². The lowest BCUT2D eigenvalue weighted by Gasteiger charge is -2.26. The van der Waals surface area contributed by atoms with Gasteiger partial charge in [0.1, 0.15) is 0 Å². The van der Waals surface area contributed by atoms with Crippen LogP contribution in [0.3, 0.4) is 0 Å². The number of nitrogens with zero attached hydrogens (tertiary/aromatic N) is 8.